The normalized spacial score (nSPS) is 16.1. The second kappa shape index (κ2) is 7.58. The number of hydrogen-bond acceptors (Lipinski definition) is 3. The lowest BCUT2D eigenvalue weighted by molar-refractivity contribution is -0.364. The van der Waals surface area contributed by atoms with Gasteiger partial charge in [0.15, 0.2) is 0 Å². The Kier molecular flexibility index (Phi) is 5.04. The van der Waals surface area contributed by atoms with E-state index in [4.69, 9.17) is 0 Å². The van der Waals surface area contributed by atoms with Gasteiger partial charge in [-0.15, -0.1) is 0 Å². The first-order valence-electron chi connectivity index (χ1n) is 8.05. The number of nitrogens with zero attached hydrogens (tertiary/aromatic N) is 3. The molecule has 1 aromatic heterocycles. The zero-order valence-electron chi connectivity index (χ0n) is 13.5. The molecule has 23 heavy (non-hydrogen) atoms. The number of hydrazone groups is 1. The molecule has 0 spiro atoms. The molecular formula is C19H23N4+. The molecular weight excluding hydrogens is 284 g/mol. The summed E-state index contributed by atoms with van der Waals surface area (Å²) in [6.45, 7) is 5.94. The van der Waals surface area contributed by atoms with Crippen molar-refractivity contribution in [2.45, 2.75) is 6.92 Å². The van der Waals surface area contributed by atoms with E-state index in [9.17, 15) is 0 Å². The van der Waals surface area contributed by atoms with Gasteiger partial charge in [0, 0.05) is 12.3 Å². The van der Waals surface area contributed by atoms with Crippen LogP contribution >= 0.6 is 0 Å². The third-order valence-electron chi connectivity index (χ3n) is 3.91. The summed E-state index contributed by atoms with van der Waals surface area (Å²) in [5, 5.41) is 6.75. The van der Waals surface area contributed by atoms with Gasteiger partial charge in [-0.25, -0.2) is 4.98 Å². The molecule has 118 valence electrons. The Balaban J connectivity index is 1.53. The molecule has 0 bridgehead atoms. The van der Waals surface area contributed by atoms with Crippen LogP contribution < -0.4 is 9.88 Å². The molecule has 1 aliphatic heterocycles. The van der Waals surface area contributed by atoms with Gasteiger partial charge in [-0.1, -0.05) is 42.5 Å². The minimum atomic E-state index is 0.942. The molecule has 1 N–H and O–H groups in total. The number of anilines is 1. The average molecular weight is 307 g/mol. The first-order valence-corrected chi connectivity index (χ1v) is 8.05. The van der Waals surface area contributed by atoms with Crippen molar-refractivity contribution in [1.29, 1.82) is 0 Å². The van der Waals surface area contributed by atoms with Crippen molar-refractivity contribution in [2.75, 3.05) is 31.1 Å². The molecule has 0 amide bonds. The molecule has 1 saturated heterocycles. The number of rotatable bonds is 4. The zero-order chi connectivity index (χ0) is 15.9. The lowest BCUT2D eigenvalue weighted by atomic mass is 10.1. The number of allylic oxidation sites excluding steroid dienone is 1. The number of nitrogens with one attached hydrogen (secondary N) is 1. The van der Waals surface area contributed by atoms with Crippen molar-refractivity contribution in [3.05, 3.63) is 65.9 Å². The highest BCUT2D eigenvalue weighted by molar-refractivity contribution is 5.84. The van der Waals surface area contributed by atoms with E-state index in [1.807, 2.05) is 24.5 Å². The maximum absolute atomic E-state index is 4.61. The number of piperazine rings is 1. The third-order valence-corrected chi connectivity index (χ3v) is 3.91. The first-order chi connectivity index (χ1) is 11.3. The van der Waals surface area contributed by atoms with Crippen molar-refractivity contribution < 1.29 is 4.98 Å². The minimum absolute atomic E-state index is 0.942. The van der Waals surface area contributed by atoms with E-state index in [0.29, 0.717) is 0 Å². The highest BCUT2D eigenvalue weighted by Crippen LogP contribution is 2.10. The molecule has 4 heteroatoms. The molecule has 0 aliphatic carbocycles. The van der Waals surface area contributed by atoms with Crippen molar-refractivity contribution in [2.24, 2.45) is 5.10 Å². The highest BCUT2D eigenvalue weighted by atomic mass is 15.5. The fourth-order valence-electron chi connectivity index (χ4n) is 2.65. The summed E-state index contributed by atoms with van der Waals surface area (Å²) in [7, 11) is 0. The minimum Gasteiger partial charge on any atom is -0.289 e. The lowest BCUT2D eigenvalue weighted by Crippen LogP contribution is -2.45. The molecule has 1 fully saturated rings. The van der Waals surface area contributed by atoms with Gasteiger partial charge in [0.05, 0.1) is 19.3 Å². The Labute approximate surface area is 137 Å². The van der Waals surface area contributed by atoms with Crippen LogP contribution in [0.2, 0.25) is 0 Å². The van der Waals surface area contributed by atoms with Crippen LogP contribution in [0.25, 0.3) is 6.08 Å². The van der Waals surface area contributed by atoms with Crippen LogP contribution in [0, 0.1) is 0 Å². The van der Waals surface area contributed by atoms with Gasteiger partial charge < -0.3 is 0 Å². The van der Waals surface area contributed by atoms with Crippen molar-refractivity contribution >= 4 is 18.1 Å². The van der Waals surface area contributed by atoms with Crippen LogP contribution in [0.5, 0.6) is 0 Å². The Morgan fingerprint density at radius 3 is 2.43 bits per heavy atom. The summed E-state index contributed by atoms with van der Waals surface area (Å²) in [6, 6.07) is 16.5. The smallest absolute Gasteiger partial charge is 0.274 e. The van der Waals surface area contributed by atoms with Crippen LogP contribution in [0.1, 0.15) is 12.5 Å². The van der Waals surface area contributed by atoms with Gasteiger partial charge in [0.1, 0.15) is 13.1 Å². The van der Waals surface area contributed by atoms with Crippen molar-refractivity contribution in [3.63, 3.8) is 0 Å². The largest absolute Gasteiger partial charge is 0.289 e. The third kappa shape index (κ3) is 4.42. The van der Waals surface area contributed by atoms with E-state index in [1.54, 1.807) is 0 Å². The SMILES string of the molecule is CC(/C=N\N1CCN(c2cccc[nH+]2)CC1)=C\c1ccccc1. The summed E-state index contributed by atoms with van der Waals surface area (Å²) in [6.07, 6.45) is 6.08. The number of aromatic nitrogens is 1. The fraction of sp³-hybridized carbons (Fsp3) is 0.263. The predicted molar refractivity (Wildman–Crippen MR) is 95.4 cm³/mol. The number of aromatic amines is 1. The molecule has 1 aliphatic rings. The summed E-state index contributed by atoms with van der Waals surface area (Å²) < 4.78 is 0. The van der Waals surface area contributed by atoms with E-state index < -0.39 is 0 Å². The van der Waals surface area contributed by atoms with Gasteiger partial charge in [0.2, 0.25) is 0 Å². The van der Waals surface area contributed by atoms with Crippen LogP contribution in [0.3, 0.4) is 0 Å². The maximum Gasteiger partial charge on any atom is 0.274 e. The van der Waals surface area contributed by atoms with Gasteiger partial charge >= 0.3 is 0 Å². The van der Waals surface area contributed by atoms with E-state index in [-0.39, 0.29) is 0 Å². The van der Waals surface area contributed by atoms with Crippen LogP contribution in [0.15, 0.2) is 65.4 Å². The zero-order valence-corrected chi connectivity index (χ0v) is 13.5. The fourth-order valence-corrected chi connectivity index (χ4v) is 2.65. The van der Waals surface area contributed by atoms with E-state index in [2.05, 4.69) is 69.4 Å². The van der Waals surface area contributed by atoms with Gasteiger partial charge in [0.25, 0.3) is 5.82 Å². The number of pyridine rings is 1. The Bertz CT molecular complexity index is 656. The molecule has 2 aromatic rings. The lowest BCUT2D eigenvalue weighted by Gasteiger charge is -2.28. The van der Waals surface area contributed by atoms with Crippen LogP contribution in [-0.4, -0.2) is 37.4 Å². The average Bonchev–Trinajstić information content (AvgIpc) is 2.62. The monoisotopic (exact) mass is 307 g/mol. The molecule has 3 rings (SSSR count). The summed E-state index contributed by atoms with van der Waals surface area (Å²) in [4.78, 5) is 5.65. The molecule has 0 atom stereocenters. The van der Waals surface area contributed by atoms with E-state index >= 15 is 0 Å². The predicted octanol–water partition coefficient (Wildman–Crippen LogP) is 2.71. The first kappa shape index (κ1) is 15.3. The Hall–Kier alpha value is -2.62. The molecule has 2 heterocycles. The molecule has 0 saturated carbocycles. The Morgan fingerprint density at radius 2 is 1.74 bits per heavy atom. The molecule has 1 aromatic carbocycles. The molecule has 4 nitrogen and oxygen atoms in total. The maximum atomic E-state index is 4.61. The Morgan fingerprint density at radius 1 is 1.00 bits per heavy atom. The van der Waals surface area contributed by atoms with Gasteiger partial charge in [-0.2, -0.15) is 5.10 Å². The summed E-state index contributed by atoms with van der Waals surface area (Å²) in [5.41, 5.74) is 2.37. The van der Waals surface area contributed by atoms with E-state index in [1.165, 1.54) is 11.4 Å². The molecule has 0 unspecified atom stereocenters. The number of H-pyrrole nitrogens is 1. The summed E-state index contributed by atoms with van der Waals surface area (Å²) >= 11 is 0. The standard InChI is InChI=1S/C19H22N4/c1-17(15-18-7-3-2-4-8-18)16-21-23-13-11-22(12-14-23)19-9-5-6-10-20-19/h2-10,15-16H,11-14H2,1H3/p+1/b17-15+,21-16-. The van der Waals surface area contributed by atoms with Gasteiger partial charge in [-0.3, -0.25) is 9.91 Å². The second-order valence-corrected chi connectivity index (χ2v) is 5.73. The molecule has 0 radical (unpaired) electrons. The highest BCUT2D eigenvalue weighted by Gasteiger charge is 2.21. The summed E-state index contributed by atoms with van der Waals surface area (Å²) in [5.74, 6) is 1.18. The van der Waals surface area contributed by atoms with Crippen molar-refractivity contribution in [1.82, 2.24) is 5.01 Å². The number of benzene rings is 1. The quantitative estimate of drug-likeness (QED) is 0.814. The second-order valence-electron chi connectivity index (χ2n) is 5.73. The van der Waals surface area contributed by atoms with E-state index in [0.717, 1.165) is 31.8 Å². The van der Waals surface area contributed by atoms with Crippen LogP contribution in [0.4, 0.5) is 5.82 Å². The topological polar surface area (TPSA) is 33.0 Å². The van der Waals surface area contributed by atoms with Gasteiger partial charge in [-0.05, 0) is 24.1 Å². The van der Waals surface area contributed by atoms with Crippen molar-refractivity contribution in [3.8, 4) is 0 Å². The van der Waals surface area contributed by atoms with Crippen LogP contribution in [-0.2, 0) is 0 Å². The number of hydrogen-bond donors (Lipinski definition) is 0.